The van der Waals surface area contributed by atoms with E-state index in [9.17, 15) is 23.1 Å². The van der Waals surface area contributed by atoms with Gasteiger partial charge in [-0.05, 0) is 48.2 Å². The number of benzene rings is 2. The van der Waals surface area contributed by atoms with E-state index in [4.69, 9.17) is 5.73 Å². The Hall–Kier alpha value is -3.63. The Bertz CT molecular complexity index is 1120. The van der Waals surface area contributed by atoms with Crippen LogP contribution in [0.15, 0.2) is 66.9 Å². The molecule has 0 saturated carbocycles. The number of pyridine rings is 1. The molecule has 0 aliphatic rings. The third kappa shape index (κ3) is 9.20. The van der Waals surface area contributed by atoms with Crippen LogP contribution in [0.2, 0.25) is 0 Å². The number of aromatic nitrogens is 1. The van der Waals surface area contributed by atoms with E-state index in [1.54, 1.807) is 18.3 Å². The largest absolute Gasteiger partial charge is 0.573 e. The van der Waals surface area contributed by atoms with Crippen LogP contribution in [0.3, 0.4) is 0 Å². The number of nitrogen functional groups attached to an aromatic ring is 1. The molecule has 0 spiro atoms. The van der Waals surface area contributed by atoms with E-state index in [2.05, 4.69) is 20.4 Å². The Morgan fingerprint density at radius 2 is 1.81 bits per heavy atom. The van der Waals surface area contributed by atoms with Crippen LogP contribution in [0.4, 0.5) is 19.0 Å². The molecule has 7 nitrogen and oxygen atoms in total. The highest BCUT2D eigenvalue weighted by molar-refractivity contribution is 5.78. The summed E-state index contributed by atoms with van der Waals surface area (Å²) in [4.78, 5) is 16.4. The van der Waals surface area contributed by atoms with E-state index >= 15 is 0 Å². The molecule has 1 heterocycles. The third-order valence-corrected chi connectivity index (χ3v) is 5.40. The summed E-state index contributed by atoms with van der Waals surface area (Å²) in [5.74, 6) is -0.112. The number of anilines is 1. The summed E-state index contributed by atoms with van der Waals surface area (Å²) in [6.45, 7) is 2.56. The van der Waals surface area contributed by atoms with Crippen molar-refractivity contribution in [3.05, 3.63) is 89.1 Å². The van der Waals surface area contributed by atoms with Crippen molar-refractivity contribution in [1.29, 1.82) is 0 Å². The van der Waals surface area contributed by atoms with Gasteiger partial charge >= 0.3 is 6.36 Å². The van der Waals surface area contributed by atoms with Crippen LogP contribution in [0.1, 0.15) is 35.3 Å². The van der Waals surface area contributed by atoms with Gasteiger partial charge in [0.05, 0.1) is 12.5 Å². The zero-order valence-electron chi connectivity index (χ0n) is 19.8. The fourth-order valence-corrected chi connectivity index (χ4v) is 3.59. The quantitative estimate of drug-likeness (QED) is 0.319. The Morgan fingerprint density at radius 1 is 1.08 bits per heavy atom. The van der Waals surface area contributed by atoms with E-state index in [-0.39, 0.29) is 30.7 Å². The van der Waals surface area contributed by atoms with Crippen molar-refractivity contribution in [2.45, 2.75) is 44.8 Å². The lowest BCUT2D eigenvalue weighted by molar-refractivity contribution is -0.274. The molecule has 3 aromatic rings. The normalized spacial score (nSPS) is 13.1. The van der Waals surface area contributed by atoms with Crippen LogP contribution in [0.5, 0.6) is 5.75 Å². The number of alkyl halides is 3. The lowest BCUT2D eigenvalue weighted by atomic mass is 10.0. The summed E-state index contributed by atoms with van der Waals surface area (Å²) in [6.07, 6.45) is -3.01. The van der Waals surface area contributed by atoms with E-state index in [1.165, 1.54) is 24.3 Å². The van der Waals surface area contributed by atoms with Crippen molar-refractivity contribution in [2.75, 3.05) is 12.3 Å². The first-order chi connectivity index (χ1) is 17.1. The van der Waals surface area contributed by atoms with Crippen LogP contribution in [-0.2, 0) is 24.2 Å². The highest BCUT2D eigenvalue weighted by Gasteiger charge is 2.30. The third-order valence-electron chi connectivity index (χ3n) is 5.40. The molecule has 0 saturated heterocycles. The summed E-state index contributed by atoms with van der Waals surface area (Å²) in [6, 6.07) is 16.5. The van der Waals surface area contributed by atoms with Crippen molar-refractivity contribution in [1.82, 2.24) is 15.6 Å². The first-order valence-corrected chi connectivity index (χ1v) is 11.4. The van der Waals surface area contributed by atoms with Gasteiger partial charge in [0.15, 0.2) is 0 Å². The van der Waals surface area contributed by atoms with E-state index in [1.807, 2.05) is 31.2 Å². The summed E-state index contributed by atoms with van der Waals surface area (Å²) < 4.78 is 40.6. The predicted molar refractivity (Wildman–Crippen MR) is 130 cm³/mol. The first kappa shape index (κ1) is 27.0. The van der Waals surface area contributed by atoms with Crippen molar-refractivity contribution >= 4 is 11.7 Å². The molecule has 1 unspecified atom stereocenters. The minimum absolute atomic E-state index is 0.0785. The standard InChI is InChI=1S/C26H29F3N4O3/c1-17(31-16-23(34)21-7-10-24(30)32-15-21)11-19-3-2-4-20(12-19)13-25(35)33-14-18-5-8-22(9-6-18)36-26(27,28)29/h2-10,12,15,17,23,31,34H,11,13-14,16H2,1H3,(H2,30,32)(H,33,35)/t17?,23-/m1/s1. The Labute approximate surface area is 207 Å². The number of nitrogens with zero attached hydrogens (tertiary/aromatic N) is 1. The number of amides is 1. The van der Waals surface area contributed by atoms with E-state index in [0.717, 1.165) is 11.1 Å². The molecule has 2 aromatic carbocycles. The maximum absolute atomic E-state index is 12.4. The SMILES string of the molecule is CC(Cc1cccc(CC(=O)NCc2ccc(OC(F)(F)F)cc2)c1)NC[C@@H](O)c1ccc(N)nc1. The van der Waals surface area contributed by atoms with Gasteiger partial charge in [0.25, 0.3) is 0 Å². The lowest BCUT2D eigenvalue weighted by Crippen LogP contribution is -2.32. The monoisotopic (exact) mass is 502 g/mol. The van der Waals surface area contributed by atoms with Gasteiger partial charge in [-0.25, -0.2) is 4.98 Å². The fourth-order valence-electron chi connectivity index (χ4n) is 3.59. The van der Waals surface area contributed by atoms with Crippen LogP contribution >= 0.6 is 0 Å². The number of aliphatic hydroxyl groups is 1. The van der Waals surface area contributed by atoms with Gasteiger partial charge in [0, 0.05) is 30.9 Å². The molecule has 36 heavy (non-hydrogen) atoms. The number of aliphatic hydroxyl groups excluding tert-OH is 1. The molecule has 0 radical (unpaired) electrons. The van der Waals surface area contributed by atoms with Gasteiger partial charge in [0.1, 0.15) is 11.6 Å². The number of hydrogen-bond donors (Lipinski definition) is 4. The second-order valence-corrected chi connectivity index (χ2v) is 8.51. The van der Waals surface area contributed by atoms with E-state index < -0.39 is 12.5 Å². The molecule has 2 atom stereocenters. The van der Waals surface area contributed by atoms with Crippen molar-refractivity contribution in [2.24, 2.45) is 0 Å². The van der Waals surface area contributed by atoms with E-state index in [0.29, 0.717) is 29.9 Å². The molecule has 1 aromatic heterocycles. The number of halogens is 3. The summed E-state index contributed by atoms with van der Waals surface area (Å²) in [7, 11) is 0. The Balaban J connectivity index is 1.44. The maximum atomic E-state index is 12.4. The highest BCUT2D eigenvalue weighted by Crippen LogP contribution is 2.22. The fraction of sp³-hybridized carbons (Fsp3) is 0.308. The molecular formula is C26H29F3N4O3. The Kier molecular flexibility index (Phi) is 9.26. The number of ether oxygens (including phenoxy) is 1. The lowest BCUT2D eigenvalue weighted by Gasteiger charge is -2.18. The predicted octanol–water partition coefficient (Wildman–Crippen LogP) is 3.68. The molecule has 5 N–H and O–H groups in total. The molecule has 0 aliphatic heterocycles. The summed E-state index contributed by atoms with van der Waals surface area (Å²) >= 11 is 0. The Morgan fingerprint density at radius 3 is 2.47 bits per heavy atom. The smallest absolute Gasteiger partial charge is 0.406 e. The van der Waals surface area contributed by atoms with Crippen molar-refractivity contribution in [3.63, 3.8) is 0 Å². The first-order valence-electron chi connectivity index (χ1n) is 11.4. The minimum atomic E-state index is -4.74. The van der Waals surface area contributed by atoms with Gasteiger partial charge in [-0.1, -0.05) is 42.5 Å². The van der Waals surface area contributed by atoms with Crippen molar-refractivity contribution in [3.8, 4) is 5.75 Å². The molecule has 10 heteroatoms. The van der Waals surface area contributed by atoms with Gasteiger partial charge in [0.2, 0.25) is 5.91 Å². The number of hydrogen-bond acceptors (Lipinski definition) is 6. The minimum Gasteiger partial charge on any atom is -0.406 e. The molecule has 0 bridgehead atoms. The second-order valence-electron chi connectivity index (χ2n) is 8.51. The number of carbonyl (C=O) groups excluding carboxylic acids is 1. The summed E-state index contributed by atoms with van der Waals surface area (Å²) in [5, 5.41) is 16.4. The highest BCUT2D eigenvalue weighted by atomic mass is 19.4. The summed E-state index contributed by atoms with van der Waals surface area (Å²) in [5.41, 5.74) is 8.80. The van der Waals surface area contributed by atoms with Crippen LogP contribution < -0.4 is 21.1 Å². The number of nitrogens with one attached hydrogen (secondary N) is 2. The van der Waals surface area contributed by atoms with Crippen LogP contribution in [0.25, 0.3) is 0 Å². The second kappa shape index (κ2) is 12.4. The maximum Gasteiger partial charge on any atom is 0.573 e. The zero-order valence-corrected chi connectivity index (χ0v) is 19.8. The average Bonchev–Trinajstić information content (AvgIpc) is 2.82. The number of rotatable bonds is 11. The number of carbonyl (C=O) groups is 1. The molecule has 0 fully saturated rings. The number of nitrogens with two attached hydrogens (primary N) is 1. The topological polar surface area (TPSA) is 110 Å². The van der Waals surface area contributed by atoms with Gasteiger partial charge in [-0.3, -0.25) is 4.79 Å². The van der Waals surface area contributed by atoms with Gasteiger partial charge < -0.3 is 26.2 Å². The average molecular weight is 503 g/mol. The van der Waals surface area contributed by atoms with Crippen LogP contribution in [-0.4, -0.2) is 34.9 Å². The molecule has 1 amide bonds. The van der Waals surface area contributed by atoms with Gasteiger partial charge in [-0.2, -0.15) is 0 Å². The molecule has 3 rings (SSSR count). The molecule has 0 aliphatic carbocycles. The van der Waals surface area contributed by atoms with Gasteiger partial charge in [-0.15, -0.1) is 13.2 Å². The van der Waals surface area contributed by atoms with Crippen LogP contribution in [0, 0.1) is 0 Å². The molecular weight excluding hydrogens is 473 g/mol. The zero-order chi connectivity index (χ0) is 26.1. The molecule has 192 valence electrons. The van der Waals surface area contributed by atoms with Crippen molar-refractivity contribution < 1.29 is 27.8 Å².